The zero-order valence-electron chi connectivity index (χ0n) is 15.1. The largest absolute Gasteiger partial charge is 0.464 e. The van der Waals surface area contributed by atoms with Crippen molar-refractivity contribution in [2.45, 2.75) is 13.3 Å². The van der Waals surface area contributed by atoms with Crippen molar-refractivity contribution in [2.75, 3.05) is 5.32 Å². The van der Waals surface area contributed by atoms with Gasteiger partial charge in [0, 0.05) is 33.7 Å². The molecule has 0 fully saturated rings. The Labute approximate surface area is 172 Å². The first kappa shape index (κ1) is 18.5. The highest BCUT2D eigenvalue weighted by Gasteiger charge is 2.14. The molecule has 0 saturated heterocycles. The third kappa shape index (κ3) is 4.32. The molecule has 0 saturated carbocycles. The van der Waals surface area contributed by atoms with Crippen LogP contribution in [0.25, 0.3) is 6.08 Å². The van der Waals surface area contributed by atoms with Crippen LogP contribution in [0.4, 0.5) is 5.13 Å². The van der Waals surface area contributed by atoms with Crippen molar-refractivity contribution in [1.29, 1.82) is 0 Å². The Morgan fingerprint density at radius 2 is 2.04 bits per heavy atom. The molecule has 1 aliphatic rings. The topological polar surface area (TPSA) is 51.2 Å². The average molecular weight is 409 g/mol. The third-order valence-corrected chi connectivity index (χ3v) is 5.41. The van der Waals surface area contributed by atoms with Crippen LogP contribution >= 0.6 is 22.9 Å². The number of thiazole rings is 1. The van der Waals surface area contributed by atoms with Crippen LogP contribution in [0, 0.1) is 6.92 Å². The second-order valence-corrected chi connectivity index (χ2v) is 8.00. The van der Waals surface area contributed by atoms with Crippen molar-refractivity contribution < 1.29 is 9.53 Å². The van der Waals surface area contributed by atoms with E-state index in [4.69, 9.17) is 16.3 Å². The Hall–Kier alpha value is -2.89. The number of fused-ring (bicyclic) bond motifs is 1. The standard InChI is InChI=1S/C22H17ClN2O2S/c1-14-2-4-15(5-3-14)10-19-13-24-22(28-19)25-21(26)16-8-9-27-20-7-6-18(23)12-17(20)11-16/h2-9,11-13H,10H2,1H3,(H,24,25,26). The first-order chi connectivity index (χ1) is 13.6. The lowest BCUT2D eigenvalue weighted by Gasteiger charge is -2.04. The number of ether oxygens (including phenoxy) is 1. The van der Waals surface area contributed by atoms with Crippen LogP contribution in [0.3, 0.4) is 0 Å². The lowest BCUT2D eigenvalue weighted by molar-refractivity contribution is -0.112. The van der Waals surface area contributed by atoms with Gasteiger partial charge in [0.2, 0.25) is 0 Å². The normalized spacial score (nSPS) is 12.6. The molecule has 2 heterocycles. The molecule has 0 aliphatic carbocycles. The number of amides is 1. The van der Waals surface area contributed by atoms with Crippen molar-refractivity contribution in [3.05, 3.63) is 93.2 Å². The van der Waals surface area contributed by atoms with E-state index in [1.807, 2.05) is 0 Å². The van der Waals surface area contributed by atoms with Crippen LogP contribution in [0.2, 0.25) is 5.02 Å². The molecule has 4 nitrogen and oxygen atoms in total. The molecule has 0 bridgehead atoms. The van der Waals surface area contributed by atoms with Crippen molar-refractivity contribution in [2.24, 2.45) is 0 Å². The summed E-state index contributed by atoms with van der Waals surface area (Å²) >= 11 is 7.52. The summed E-state index contributed by atoms with van der Waals surface area (Å²) in [6.07, 6.45) is 7.46. The monoisotopic (exact) mass is 408 g/mol. The molecule has 1 aromatic heterocycles. The summed E-state index contributed by atoms with van der Waals surface area (Å²) in [5, 5.41) is 4.01. The highest BCUT2D eigenvalue weighted by molar-refractivity contribution is 7.15. The fourth-order valence-electron chi connectivity index (χ4n) is 2.80. The molecule has 6 heteroatoms. The number of anilines is 1. The summed E-state index contributed by atoms with van der Waals surface area (Å²) in [6, 6.07) is 13.7. The van der Waals surface area contributed by atoms with Gasteiger partial charge in [0.15, 0.2) is 5.13 Å². The van der Waals surface area contributed by atoms with Gasteiger partial charge >= 0.3 is 0 Å². The molecule has 0 unspecified atom stereocenters. The van der Waals surface area contributed by atoms with Crippen LogP contribution in [0.15, 0.2) is 66.6 Å². The Morgan fingerprint density at radius 1 is 1.21 bits per heavy atom. The maximum Gasteiger partial charge on any atom is 0.257 e. The van der Waals surface area contributed by atoms with E-state index in [1.165, 1.54) is 28.7 Å². The average Bonchev–Trinajstić information content (AvgIpc) is 2.99. The molecule has 1 amide bonds. The molecule has 1 N–H and O–H groups in total. The van der Waals surface area contributed by atoms with Crippen LogP contribution in [0.5, 0.6) is 5.75 Å². The summed E-state index contributed by atoms with van der Waals surface area (Å²) in [6.45, 7) is 2.07. The number of carbonyl (C=O) groups is 1. The first-order valence-electron chi connectivity index (χ1n) is 8.73. The number of carbonyl (C=O) groups excluding carboxylic acids is 1. The van der Waals surface area contributed by atoms with Gasteiger partial charge in [-0.15, -0.1) is 11.3 Å². The maximum atomic E-state index is 12.7. The smallest absolute Gasteiger partial charge is 0.257 e. The quantitative estimate of drug-likeness (QED) is 0.609. The van der Waals surface area contributed by atoms with Gasteiger partial charge in [-0.3, -0.25) is 10.1 Å². The van der Waals surface area contributed by atoms with E-state index in [0.717, 1.165) is 16.9 Å². The van der Waals surface area contributed by atoms with Gasteiger partial charge in [-0.1, -0.05) is 41.4 Å². The minimum atomic E-state index is -0.246. The number of halogens is 1. The molecule has 140 valence electrons. The molecular formula is C22H17ClN2O2S. The van der Waals surface area contributed by atoms with E-state index in [1.54, 1.807) is 36.5 Å². The minimum absolute atomic E-state index is 0.246. The summed E-state index contributed by atoms with van der Waals surface area (Å²) in [5.74, 6) is 0.405. The Bertz CT molecular complexity index is 1080. The van der Waals surface area contributed by atoms with E-state index in [9.17, 15) is 4.79 Å². The first-order valence-corrected chi connectivity index (χ1v) is 9.92. The van der Waals surface area contributed by atoms with E-state index in [0.29, 0.717) is 21.5 Å². The Balaban J connectivity index is 1.48. The zero-order chi connectivity index (χ0) is 19.5. The van der Waals surface area contributed by atoms with E-state index >= 15 is 0 Å². The predicted octanol–water partition coefficient (Wildman–Crippen LogP) is 5.62. The zero-order valence-corrected chi connectivity index (χ0v) is 16.7. The minimum Gasteiger partial charge on any atom is -0.464 e. The van der Waals surface area contributed by atoms with Crippen molar-refractivity contribution >= 4 is 40.1 Å². The molecule has 3 aromatic rings. The molecule has 2 aromatic carbocycles. The molecule has 4 rings (SSSR count). The number of aryl methyl sites for hydroxylation is 1. The van der Waals surface area contributed by atoms with Crippen molar-refractivity contribution in [3.8, 4) is 5.75 Å². The fraction of sp³-hybridized carbons (Fsp3) is 0.0909. The molecule has 1 aliphatic heterocycles. The lowest BCUT2D eigenvalue weighted by atomic mass is 10.1. The summed E-state index contributed by atoms with van der Waals surface area (Å²) in [5.41, 5.74) is 3.67. The van der Waals surface area contributed by atoms with Crippen LogP contribution in [0.1, 0.15) is 21.6 Å². The van der Waals surface area contributed by atoms with Crippen LogP contribution < -0.4 is 10.1 Å². The molecule has 0 radical (unpaired) electrons. The van der Waals surface area contributed by atoms with Gasteiger partial charge in [-0.25, -0.2) is 4.98 Å². The predicted molar refractivity (Wildman–Crippen MR) is 114 cm³/mol. The highest BCUT2D eigenvalue weighted by Crippen LogP contribution is 2.28. The van der Waals surface area contributed by atoms with Crippen molar-refractivity contribution in [3.63, 3.8) is 0 Å². The highest BCUT2D eigenvalue weighted by atomic mass is 35.5. The number of hydrogen-bond donors (Lipinski definition) is 1. The maximum absolute atomic E-state index is 12.7. The van der Waals surface area contributed by atoms with Crippen LogP contribution in [-0.2, 0) is 11.2 Å². The van der Waals surface area contributed by atoms with Gasteiger partial charge in [-0.2, -0.15) is 0 Å². The number of hydrogen-bond acceptors (Lipinski definition) is 4. The molecule has 0 atom stereocenters. The van der Waals surface area contributed by atoms with E-state index < -0.39 is 0 Å². The van der Waals surface area contributed by atoms with Gasteiger partial charge < -0.3 is 4.74 Å². The van der Waals surface area contributed by atoms with Gasteiger partial charge in [0.1, 0.15) is 5.75 Å². The Morgan fingerprint density at radius 3 is 2.86 bits per heavy atom. The number of aromatic nitrogens is 1. The molecular weight excluding hydrogens is 392 g/mol. The molecule has 0 spiro atoms. The summed E-state index contributed by atoms with van der Waals surface area (Å²) < 4.78 is 5.53. The number of nitrogens with one attached hydrogen (secondary N) is 1. The second kappa shape index (κ2) is 8.00. The lowest BCUT2D eigenvalue weighted by Crippen LogP contribution is -2.12. The number of nitrogens with zero attached hydrogens (tertiary/aromatic N) is 1. The van der Waals surface area contributed by atoms with Crippen molar-refractivity contribution in [1.82, 2.24) is 4.98 Å². The number of rotatable bonds is 4. The van der Waals surface area contributed by atoms with E-state index in [-0.39, 0.29) is 5.91 Å². The Kier molecular flexibility index (Phi) is 5.28. The third-order valence-electron chi connectivity index (χ3n) is 4.26. The number of benzene rings is 2. The fourth-order valence-corrected chi connectivity index (χ4v) is 3.82. The summed E-state index contributed by atoms with van der Waals surface area (Å²) in [4.78, 5) is 18.1. The molecule has 28 heavy (non-hydrogen) atoms. The van der Waals surface area contributed by atoms with Gasteiger partial charge in [-0.05, 0) is 42.8 Å². The van der Waals surface area contributed by atoms with Crippen LogP contribution in [-0.4, -0.2) is 10.9 Å². The van der Waals surface area contributed by atoms with Gasteiger partial charge in [0.25, 0.3) is 5.91 Å². The second-order valence-electron chi connectivity index (χ2n) is 6.45. The van der Waals surface area contributed by atoms with Gasteiger partial charge in [0.05, 0.1) is 6.26 Å². The SMILES string of the molecule is Cc1ccc(Cc2cnc(NC(=O)C3=Cc4cc(Cl)ccc4OC=C3)s2)cc1. The van der Waals surface area contributed by atoms with E-state index in [2.05, 4.69) is 41.5 Å². The summed E-state index contributed by atoms with van der Waals surface area (Å²) in [7, 11) is 0.